The van der Waals surface area contributed by atoms with Gasteiger partial charge in [-0.05, 0) is 31.2 Å². The number of aromatic nitrogens is 2. The normalized spacial score (nSPS) is 11.3. The largest absolute Gasteiger partial charge is 0.497 e. The molecule has 0 saturated carbocycles. The van der Waals surface area contributed by atoms with Crippen molar-refractivity contribution < 1.29 is 9.47 Å². The molecule has 1 aromatic heterocycles. The van der Waals surface area contributed by atoms with Crippen LogP contribution in [0.1, 0.15) is 11.3 Å². The van der Waals surface area contributed by atoms with Gasteiger partial charge in [0.2, 0.25) is 0 Å². The fourth-order valence-electron chi connectivity index (χ4n) is 2.62. The molecule has 3 rings (SSSR count). The van der Waals surface area contributed by atoms with Crippen molar-refractivity contribution in [3.05, 3.63) is 66.0 Å². The van der Waals surface area contributed by atoms with Gasteiger partial charge in [0.05, 0.1) is 37.8 Å². The number of nitrogens with two attached hydrogens (primary N) is 1. The van der Waals surface area contributed by atoms with Gasteiger partial charge in [0.25, 0.3) is 0 Å². The maximum atomic E-state index is 6.05. The zero-order valence-corrected chi connectivity index (χ0v) is 15.6. The zero-order chi connectivity index (χ0) is 19.2. The highest BCUT2D eigenvalue weighted by Gasteiger charge is 2.08. The van der Waals surface area contributed by atoms with E-state index in [4.69, 9.17) is 15.2 Å². The van der Waals surface area contributed by atoms with Crippen LogP contribution in [0.4, 0.5) is 5.69 Å². The number of benzene rings is 2. The summed E-state index contributed by atoms with van der Waals surface area (Å²) < 4.78 is 12.4. The van der Waals surface area contributed by atoms with Crippen molar-refractivity contribution in [2.24, 2.45) is 10.7 Å². The summed E-state index contributed by atoms with van der Waals surface area (Å²) in [6, 6.07) is 15.4. The number of rotatable bonds is 6. The maximum Gasteiger partial charge on any atom is 0.193 e. The van der Waals surface area contributed by atoms with Crippen LogP contribution in [-0.4, -0.2) is 30.0 Å². The number of nitrogens with zero attached hydrogens (tertiary/aromatic N) is 3. The summed E-state index contributed by atoms with van der Waals surface area (Å²) in [5.74, 6) is 1.64. The fourth-order valence-corrected chi connectivity index (χ4v) is 2.62. The first-order chi connectivity index (χ1) is 13.1. The van der Waals surface area contributed by atoms with Gasteiger partial charge in [0.15, 0.2) is 5.96 Å². The van der Waals surface area contributed by atoms with Crippen LogP contribution in [0.25, 0.3) is 5.69 Å². The van der Waals surface area contributed by atoms with E-state index in [1.165, 1.54) is 0 Å². The summed E-state index contributed by atoms with van der Waals surface area (Å²) in [4.78, 5) is 4.42. The van der Waals surface area contributed by atoms with Gasteiger partial charge in [-0.1, -0.05) is 18.2 Å². The predicted molar refractivity (Wildman–Crippen MR) is 107 cm³/mol. The van der Waals surface area contributed by atoms with Crippen molar-refractivity contribution in [2.45, 2.75) is 13.5 Å². The minimum Gasteiger partial charge on any atom is -0.497 e. The highest BCUT2D eigenvalue weighted by molar-refractivity contribution is 5.94. The number of ether oxygens (including phenoxy) is 2. The summed E-state index contributed by atoms with van der Waals surface area (Å²) in [7, 11) is 3.21. The molecule has 0 atom stereocenters. The second kappa shape index (κ2) is 8.27. The van der Waals surface area contributed by atoms with E-state index in [2.05, 4.69) is 15.4 Å². The van der Waals surface area contributed by atoms with Gasteiger partial charge < -0.3 is 20.5 Å². The van der Waals surface area contributed by atoms with Crippen molar-refractivity contribution in [3.8, 4) is 17.2 Å². The van der Waals surface area contributed by atoms with E-state index < -0.39 is 0 Å². The van der Waals surface area contributed by atoms with Crippen molar-refractivity contribution in [2.75, 3.05) is 19.5 Å². The third-order valence-corrected chi connectivity index (χ3v) is 4.11. The van der Waals surface area contributed by atoms with Crippen LogP contribution in [-0.2, 0) is 6.54 Å². The molecule has 0 unspecified atom stereocenters. The highest BCUT2D eigenvalue weighted by Crippen LogP contribution is 2.28. The molecular formula is C20H23N5O2. The summed E-state index contributed by atoms with van der Waals surface area (Å²) in [6.45, 7) is 2.38. The molecule has 0 bridgehead atoms. The first-order valence-corrected chi connectivity index (χ1v) is 8.50. The monoisotopic (exact) mass is 365 g/mol. The molecule has 3 N–H and O–H groups in total. The number of guanidine groups is 1. The Morgan fingerprint density at radius 3 is 2.63 bits per heavy atom. The lowest BCUT2D eigenvalue weighted by Crippen LogP contribution is -2.23. The number of aliphatic imine (C=N–C) groups is 1. The highest BCUT2D eigenvalue weighted by atomic mass is 16.5. The van der Waals surface area contributed by atoms with Crippen LogP contribution < -0.4 is 20.5 Å². The Morgan fingerprint density at radius 1 is 1.15 bits per heavy atom. The quantitative estimate of drug-likeness (QED) is 0.518. The Kier molecular flexibility index (Phi) is 5.61. The minimum absolute atomic E-state index is 0.286. The van der Waals surface area contributed by atoms with E-state index >= 15 is 0 Å². The van der Waals surface area contributed by atoms with Gasteiger partial charge in [-0.3, -0.25) is 0 Å². The molecule has 0 radical (unpaired) electrons. The van der Waals surface area contributed by atoms with Crippen molar-refractivity contribution >= 4 is 11.6 Å². The molecule has 2 aromatic carbocycles. The van der Waals surface area contributed by atoms with Crippen LogP contribution >= 0.6 is 0 Å². The molecule has 0 aliphatic rings. The molecular weight excluding hydrogens is 342 g/mol. The van der Waals surface area contributed by atoms with Crippen LogP contribution in [0, 0.1) is 6.92 Å². The van der Waals surface area contributed by atoms with E-state index in [0.29, 0.717) is 23.7 Å². The average molecular weight is 365 g/mol. The van der Waals surface area contributed by atoms with Crippen molar-refractivity contribution in [3.63, 3.8) is 0 Å². The first-order valence-electron chi connectivity index (χ1n) is 8.50. The predicted octanol–water partition coefficient (Wildman–Crippen LogP) is 3.12. The summed E-state index contributed by atoms with van der Waals surface area (Å²) in [5, 5.41) is 7.60. The Balaban J connectivity index is 1.74. The minimum atomic E-state index is 0.286. The number of nitrogens with one attached hydrogen (secondary N) is 1. The second-order valence-corrected chi connectivity index (χ2v) is 5.91. The third kappa shape index (κ3) is 4.38. The first kappa shape index (κ1) is 18.3. The summed E-state index contributed by atoms with van der Waals surface area (Å²) in [5.41, 5.74) is 9.66. The fraction of sp³-hybridized carbons (Fsp3) is 0.200. The Hall–Kier alpha value is -3.48. The lowest BCUT2D eigenvalue weighted by atomic mass is 10.2. The SMILES string of the molecule is COc1ccc(OC)c(NC(N)=NCc2cn(-c3ccccc3)nc2C)c1. The smallest absolute Gasteiger partial charge is 0.193 e. The van der Waals surface area contributed by atoms with E-state index in [-0.39, 0.29) is 5.96 Å². The van der Waals surface area contributed by atoms with Gasteiger partial charge in [-0.15, -0.1) is 0 Å². The third-order valence-electron chi connectivity index (χ3n) is 4.11. The molecule has 27 heavy (non-hydrogen) atoms. The molecule has 7 heteroatoms. The molecule has 3 aromatic rings. The Labute approximate surface area is 158 Å². The summed E-state index contributed by atoms with van der Waals surface area (Å²) in [6.07, 6.45) is 1.97. The molecule has 0 saturated heterocycles. The molecule has 0 fully saturated rings. The van der Waals surface area contributed by atoms with Crippen LogP contribution in [0.2, 0.25) is 0 Å². The number of aryl methyl sites for hydroxylation is 1. The lowest BCUT2D eigenvalue weighted by Gasteiger charge is -2.12. The molecule has 0 spiro atoms. The van der Waals surface area contributed by atoms with Crippen LogP contribution in [0.3, 0.4) is 0 Å². The van der Waals surface area contributed by atoms with E-state index in [1.807, 2.05) is 60.3 Å². The zero-order valence-electron chi connectivity index (χ0n) is 15.6. The van der Waals surface area contributed by atoms with Gasteiger partial charge in [-0.2, -0.15) is 5.10 Å². The molecule has 140 valence electrons. The van der Waals surface area contributed by atoms with Gasteiger partial charge in [0, 0.05) is 17.8 Å². The number of methoxy groups -OCH3 is 2. The lowest BCUT2D eigenvalue weighted by molar-refractivity contribution is 0.405. The van der Waals surface area contributed by atoms with Gasteiger partial charge >= 0.3 is 0 Å². The standard InChI is InChI=1S/C20H23N5O2/c1-14-15(13-25(24-14)16-7-5-4-6-8-16)12-22-20(21)23-18-11-17(26-2)9-10-19(18)27-3/h4-11,13H,12H2,1-3H3,(H3,21,22,23). The second-order valence-electron chi connectivity index (χ2n) is 5.91. The molecule has 0 aliphatic carbocycles. The van der Waals surface area contributed by atoms with E-state index in [9.17, 15) is 0 Å². The number of para-hydroxylation sites is 1. The van der Waals surface area contributed by atoms with E-state index in [0.717, 1.165) is 16.9 Å². The van der Waals surface area contributed by atoms with Gasteiger partial charge in [0.1, 0.15) is 11.5 Å². The van der Waals surface area contributed by atoms with Gasteiger partial charge in [-0.25, -0.2) is 9.67 Å². The van der Waals surface area contributed by atoms with Crippen LogP contribution in [0.15, 0.2) is 59.7 Å². The summed E-state index contributed by atoms with van der Waals surface area (Å²) >= 11 is 0. The Bertz CT molecular complexity index is 935. The average Bonchev–Trinajstić information content (AvgIpc) is 3.07. The molecule has 0 aliphatic heterocycles. The van der Waals surface area contributed by atoms with Crippen LogP contribution in [0.5, 0.6) is 11.5 Å². The molecule has 0 amide bonds. The van der Waals surface area contributed by atoms with Crippen molar-refractivity contribution in [1.82, 2.24) is 9.78 Å². The Morgan fingerprint density at radius 2 is 1.93 bits per heavy atom. The van der Waals surface area contributed by atoms with E-state index in [1.54, 1.807) is 20.3 Å². The maximum absolute atomic E-state index is 6.05. The topological polar surface area (TPSA) is 86.7 Å². The molecule has 1 heterocycles. The number of hydrogen-bond donors (Lipinski definition) is 2. The molecule has 7 nitrogen and oxygen atoms in total. The van der Waals surface area contributed by atoms with Crippen molar-refractivity contribution in [1.29, 1.82) is 0 Å². The number of anilines is 1. The number of hydrogen-bond acceptors (Lipinski definition) is 4.